The van der Waals surface area contributed by atoms with Crippen LogP contribution in [-0.4, -0.2) is 34.9 Å². The highest BCUT2D eigenvalue weighted by Gasteiger charge is 2.24. The van der Waals surface area contributed by atoms with Gasteiger partial charge in [0, 0.05) is 31.7 Å². The van der Waals surface area contributed by atoms with E-state index in [0.29, 0.717) is 12.5 Å². The molecule has 1 atom stereocenters. The Kier molecular flexibility index (Phi) is 3.66. The van der Waals surface area contributed by atoms with Crippen molar-refractivity contribution in [1.82, 2.24) is 10.1 Å². The lowest BCUT2D eigenvalue weighted by Crippen LogP contribution is -2.36. The molecule has 3 rings (SSSR count). The van der Waals surface area contributed by atoms with Crippen LogP contribution < -0.4 is 0 Å². The summed E-state index contributed by atoms with van der Waals surface area (Å²) in [7, 11) is 0. The maximum Gasteiger partial charge on any atom is 0.140 e. The Hall–Kier alpha value is -0.870. The number of aliphatic hydroxyl groups excluding tert-OH is 1. The molecule has 18 heavy (non-hydrogen) atoms. The van der Waals surface area contributed by atoms with Gasteiger partial charge in [0.25, 0.3) is 0 Å². The third-order valence-corrected chi connectivity index (χ3v) is 4.27. The van der Waals surface area contributed by atoms with Crippen molar-refractivity contribution in [1.29, 1.82) is 0 Å². The van der Waals surface area contributed by atoms with Crippen LogP contribution in [-0.2, 0) is 19.4 Å². The van der Waals surface area contributed by atoms with Gasteiger partial charge in [-0.15, -0.1) is 0 Å². The van der Waals surface area contributed by atoms with E-state index in [4.69, 9.17) is 4.52 Å². The molecule has 4 nitrogen and oxygen atoms in total. The van der Waals surface area contributed by atoms with E-state index >= 15 is 0 Å². The molecule has 4 heteroatoms. The lowest BCUT2D eigenvalue weighted by Gasteiger charge is -2.31. The van der Waals surface area contributed by atoms with Gasteiger partial charge in [-0.05, 0) is 44.6 Å². The second-order valence-corrected chi connectivity index (χ2v) is 5.66. The molecular weight excluding hydrogens is 228 g/mol. The van der Waals surface area contributed by atoms with Crippen molar-refractivity contribution < 1.29 is 9.63 Å². The van der Waals surface area contributed by atoms with Crippen molar-refractivity contribution in [3.8, 4) is 0 Å². The van der Waals surface area contributed by atoms with Crippen LogP contribution in [0.3, 0.4) is 0 Å². The van der Waals surface area contributed by atoms with Crippen molar-refractivity contribution in [2.75, 3.05) is 19.7 Å². The summed E-state index contributed by atoms with van der Waals surface area (Å²) in [6.45, 7) is 3.33. The summed E-state index contributed by atoms with van der Waals surface area (Å²) >= 11 is 0. The maximum atomic E-state index is 9.27. The van der Waals surface area contributed by atoms with Gasteiger partial charge in [0.05, 0.1) is 0 Å². The van der Waals surface area contributed by atoms with E-state index in [2.05, 4.69) is 10.1 Å². The van der Waals surface area contributed by atoms with Crippen molar-refractivity contribution in [2.24, 2.45) is 5.92 Å². The van der Waals surface area contributed by atoms with Crippen LogP contribution in [0.1, 0.15) is 42.7 Å². The Morgan fingerprint density at radius 3 is 3.06 bits per heavy atom. The number of fused-ring (bicyclic) bond motifs is 1. The molecule has 2 aliphatic rings. The van der Waals surface area contributed by atoms with Crippen LogP contribution in [0.25, 0.3) is 0 Å². The highest BCUT2D eigenvalue weighted by atomic mass is 16.5. The fourth-order valence-corrected chi connectivity index (χ4v) is 3.23. The quantitative estimate of drug-likeness (QED) is 0.888. The minimum Gasteiger partial charge on any atom is -0.396 e. The number of piperidine rings is 1. The average molecular weight is 250 g/mol. The molecule has 1 aromatic rings. The van der Waals surface area contributed by atoms with E-state index in [0.717, 1.165) is 50.4 Å². The molecule has 1 N–H and O–H groups in total. The molecule has 0 bridgehead atoms. The molecule has 1 unspecified atom stereocenters. The summed E-state index contributed by atoms with van der Waals surface area (Å²) in [5.41, 5.74) is 2.51. The van der Waals surface area contributed by atoms with E-state index in [1.807, 2.05) is 0 Å². The number of likely N-dealkylation sites (tertiary alicyclic amines) is 1. The van der Waals surface area contributed by atoms with E-state index in [9.17, 15) is 5.11 Å². The molecule has 0 saturated carbocycles. The zero-order valence-electron chi connectivity index (χ0n) is 10.9. The van der Waals surface area contributed by atoms with Crippen molar-refractivity contribution in [3.63, 3.8) is 0 Å². The Balaban J connectivity index is 1.67. The standard InChI is InChI=1S/C14H22N2O2/c17-10-11-4-3-7-16(8-11)9-13-12-5-1-2-6-14(12)18-15-13/h11,17H,1-10H2. The second kappa shape index (κ2) is 5.41. The molecule has 0 spiro atoms. The van der Waals surface area contributed by atoms with Crippen LogP contribution in [0, 0.1) is 5.92 Å². The molecule has 1 aliphatic carbocycles. The first-order valence-corrected chi connectivity index (χ1v) is 7.16. The predicted molar refractivity (Wildman–Crippen MR) is 68.2 cm³/mol. The van der Waals surface area contributed by atoms with Gasteiger partial charge in [0.15, 0.2) is 0 Å². The zero-order valence-corrected chi connectivity index (χ0v) is 10.9. The van der Waals surface area contributed by atoms with Crippen LogP contribution in [0.2, 0.25) is 0 Å². The summed E-state index contributed by atoms with van der Waals surface area (Å²) in [4.78, 5) is 2.41. The second-order valence-electron chi connectivity index (χ2n) is 5.66. The summed E-state index contributed by atoms with van der Waals surface area (Å²) in [6, 6.07) is 0. The molecule has 1 aliphatic heterocycles. The van der Waals surface area contributed by atoms with Gasteiger partial charge < -0.3 is 9.63 Å². The molecule has 1 saturated heterocycles. The lowest BCUT2D eigenvalue weighted by atomic mass is 9.95. The normalized spacial score (nSPS) is 25.1. The first-order chi connectivity index (χ1) is 8.86. The van der Waals surface area contributed by atoms with Crippen molar-refractivity contribution >= 4 is 0 Å². The van der Waals surface area contributed by atoms with Crippen LogP contribution in [0.5, 0.6) is 0 Å². The number of hydrogen-bond acceptors (Lipinski definition) is 4. The Bertz CT molecular complexity index is 402. The molecule has 100 valence electrons. The number of hydrogen-bond donors (Lipinski definition) is 1. The van der Waals surface area contributed by atoms with Crippen LogP contribution in [0.15, 0.2) is 4.52 Å². The number of nitrogens with zero attached hydrogens (tertiary/aromatic N) is 2. The van der Waals surface area contributed by atoms with Gasteiger partial charge >= 0.3 is 0 Å². The Morgan fingerprint density at radius 2 is 2.17 bits per heavy atom. The Labute approximate surface area is 108 Å². The maximum absolute atomic E-state index is 9.27. The highest BCUT2D eigenvalue weighted by Crippen LogP contribution is 2.26. The van der Waals surface area contributed by atoms with Gasteiger partial charge in [-0.1, -0.05) is 5.16 Å². The van der Waals surface area contributed by atoms with Gasteiger partial charge in [-0.3, -0.25) is 4.90 Å². The topological polar surface area (TPSA) is 49.5 Å². The summed E-state index contributed by atoms with van der Waals surface area (Å²) in [6.07, 6.45) is 7.03. The van der Waals surface area contributed by atoms with E-state index in [1.54, 1.807) is 0 Å². The zero-order chi connectivity index (χ0) is 12.4. The summed E-state index contributed by atoms with van der Waals surface area (Å²) in [5, 5.41) is 13.5. The molecule has 0 aromatic carbocycles. The average Bonchev–Trinajstić information content (AvgIpc) is 2.83. The lowest BCUT2D eigenvalue weighted by molar-refractivity contribution is 0.114. The minimum absolute atomic E-state index is 0.313. The molecular formula is C14H22N2O2. The first-order valence-electron chi connectivity index (χ1n) is 7.16. The van der Waals surface area contributed by atoms with E-state index in [-0.39, 0.29) is 0 Å². The SMILES string of the molecule is OCC1CCCN(Cc2noc3c2CCCC3)C1. The van der Waals surface area contributed by atoms with Gasteiger partial charge in [-0.25, -0.2) is 0 Å². The fourth-order valence-electron chi connectivity index (χ4n) is 3.23. The van der Waals surface area contributed by atoms with Gasteiger partial charge in [-0.2, -0.15) is 0 Å². The van der Waals surface area contributed by atoms with Gasteiger partial charge in [0.1, 0.15) is 11.5 Å². The first kappa shape index (κ1) is 12.2. The summed E-state index contributed by atoms with van der Waals surface area (Å²) in [5.74, 6) is 1.56. The fraction of sp³-hybridized carbons (Fsp3) is 0.786. The third-order valence-electron chi connectivity index (χ3n) is 4.27. The van der Waals surface area contributed by atoms with Gasteiger partial charge in [0.2, 0.25) is 0 Å². The highest BCUT2D eigenvalue weighted by molar-refractivity contribution is 5.25. The minimum atomic E-state index is 0.313. The van der Waals surface area contributed by atoms with Crippen LogP contribution in [0.4, 0.5) is 0 Å². The molecule has 1 aromatic heterocycles. The summed E-state index contributed by atoms with van der Waals surface area (Å²) < 4.78 is 5.46. The smallest absolute Gasteiger partial charge is 0.140 e. The van der Waals surface area contributed by atoms with Crippen molar-refractivity contribution in [3.05, 3.63) is 17.0 Å². The monoisotopic (exact) mass is 250 g/mol. The number of aryl methyl sites for hydroxylation is 1. The molecule has 2 heterocycles. The molecule has 0 amide bonds. The van der Waals surface area contributed by atoms with E-state index < -0.39 is 0 Å². The number of rotatable bonds is 3. The molecule has 1 fully saturated rings. The van der Waals surface area contributed by atoms with Crippen LogP contribution >= 0.6 is 0 Å². The number of aromatic nitrogens is 1. The number of aliphatic hydroxyl groups is 1. The predicted octanol–water partition coefficient (Wildman–Crippen LogP) is 1.76. The third kappa shape index (κ3) is 2.45. The van der Waals surface area contributed by atoms with E-state index in [1.165, 1.54) is 24.8 Å². The molecule has 0 radical (unpaired) electrons. The largest absolute Gasteiger partial charge is 0.396 e. The Morgan fingerprint density at radius 1 is 1.28 bits per heavy atom. The van der Waals surface area contributed by atoms with Crippen molar-refractivity contribution in [2.45, 2.75) is 45.1 Å².